The minimum absolute atomic E-state index is 1.05. The van der Waals surface area contributed by atoms with Crippen molar-refractivity contribution < 1.29 is 0 Å². The van der Waals surface area contributed by atoms with Gasteiger partial charge in [0.2, 0.25) is 0 Å². The molecule has 0 aromatic heterocycles. The number of hydrogen-bond acceptors (Lipinski definition) is 0. The van der Waals surface area contributed by atoms with Crippen molar-refractivity contribution in [2.24, 2.45) is 0 Å². The third kappa shape index (κ3) is 3.32. The Hall–Kier alpha value is -0.740. The van der Waals surface area contributed by atoms with E-state index in [-0.39, 0.29) is 0 Å². The summed E-state index contributed by atoms with van der Waals surface area (Å²) in [6.07, 6.45) is 14.8. The largest absolute Gasteiger partial charge is 0.129 e. The average Bonchev–Trinajstić information content (AvgIpc) is 2.01. The van der Waals surface area contributed by atoms with Crippen LogP contribution in [0.3, 0.4) is 0 Å². The molecule has 0 aliphatic heterocycles. The lowest BCUT2D eigenvalue weighted by molar-refractivity contribution is 0.760. The molecule has 0 heteroatoms. The van der Waals surface area contributed by atoms with Crippen molar-refractivity contribution in [3.05, 3.63) is 30.0 Å². The number of hydrogen-bond donors (Lipinski definition) is 0. The highest BCUT2D eigenvalue weighted by Gasteiger charge is 1.83. The maximum atomic E-state index is 3.15. The van der Waals surface area contributed by atoms with Gasteiger partial charge in [0.25, 0.3) is 0 Å². The van der Waals surface area contributed by atoms with Crippen molar-refractivity contribution in [1.82, 2.24) is 0 Å². The third-order valence-corrected chi connectivity index (χ3v) is 1.63. The molecule has 0 nitrogen and oxygen atoms in total. The van der Waals surface area contributed by atoms with E-state index in [2.05, 4.69) is 30.0 Å². The first-order valence-electron chi connectivity index (χ1n) is 4.04. The molecule has 0 aromatic rings. The Balaban J connectivity index is 2.40. The van der Waals surface area contributed by atoms with Crippen molar-refractivity contribution in [3.63, 3.8) is 0 Å². The van der Waals surface area contributed by atoms with Crippen LogP contribution < -0.4 is 0 Å². The van der Waals surface area contributed by atoms with Gasteiger partial charge < -0.3 is 0 Å². The van der Waals surface area contributed by atoms with Gasteiger partial charge in [-0.2, -0.15) is 0 Å². The molecule has 0 amide bonds. The van der Waals surface area contributed by atoms with Crippen molar-refractivity contribution in [3.8, 4) is 0 Å². The fraction of sp³-hybridized carbons (Fsp3) is 0.500. The summed E-state index contributed by atoms with van der Waals surface area (Å²) in [5, 5.41) is 0. The van der Waals surface area contributed by atoms with Crippen LogP contribution in [0.5, 0.6) is 0 Å². The molecule has 0 heterocycles. The highest BCUT2D eigenvalue weighted by atomic mass is 13.9. The zero-order valence-corrected chi connectivity index (χ0v) is 6.34. The maximum absolute atomic E-state index is 3.15. The zero-order chi connectivity index (χ0) is 7.07. The van der Waals surface area contributed by atoms with E-state index >= 15 is 0 Å². The van der Waals surface area contributed by atoms with E-state index in [9.17, 15) is 0 Å². The second kappa shape index (κ2) is 5.08. The second-order valence-corrected chi connectivity index (χ2v) is 2.57. The standard InChI is InChI=1S/C10H14/c1-2-4-6-8-10-9-7-5-3-1/h1-2,5,9H,3-4,6,8,10H2/b2-1-. The van der Waals surface area contributed by atoms with Gasteiger partial charge in [0.15, 0.2) is 0 Å². The highest BCUT2D eigenvalue weighted by Crippen LogP contribution is 2.03. The molecule has 0 atom stereocenters. The molecule has 0 unspecified atom stereocenters. The third-order valence-electron chi connectivity index (χ3n) is 1.63. The summed E-state index contributed by atoms with van der Waals surface area (Å²) >= 11 is 0. The van der Waals surface area contributed by atoms with Gasteiger partial charge in [-0.15, -0.1) is 5.73 Å². The summed E-state index contributed by atoms with van der Waals surface area (Å²) in [5.74, 6) is 0. The highest BCUT2D eigenvalue weighted by molar-refractivity contribution is 4.94. The van der Waals surface area contributed by atoms with Gasteiger partial charge in [-0.1, -0.05) is 12.2 Å². The molecule has 0 aromatic carbocycles. The number of rotatable bonds is 0. The lowest BCUT2D eigenvalue weighted by Gasteiger charge is -1.92. The maximum Gasteiger partial charge on any atom is -0.00930 e. The SMILES string of the molecule is C1=CC/C=C\CCCCC=1. The first-order valence-corrected chi connectivity index (χ1v) is 4.04. The summed E-state index contributed by atoms with van der Waals surface area (Å²) in [6, 6.07) is 0. The van der Waals surface area contributed by atoms with Gasteiger partial charge in [-0.3, -0.25) is 0 Å². The Labute approximate surface area is 62.9 Å². The summed E-state index contributed by atoms with van der Waals surface area (Å²) in [6.45, 7) is 0. The Morgan fingerprint density at radius 1 is 0.900 bits per heavy atom. The van der Waals surface area contributed by atoms with Crippen molar-refractivity contribution >= 4 is 0 Å². The van der Waals surface area contributed by atoms with Gasteiger partial charge >= 0.3 is 0 Å². The van der Waals surface area contributed by atoms with E-state index in [1.807, 2.05) is 0 Å². The normalized spacial score (nSPS) is 22.4. The molecular weight excluding hydrogens is 120 g/mol. The van der Waals surface area contributed by atoms with E-state index in [1.165, 1.54) is 25.7 Å². The van der Waals surface area contributed by atoms with E-state index in [0.29, 0.717) is 0 Å². The first-order chi connectivity index (χ1) is 5.00. The van der Waals surface area contributed by atoms with Crippen LogP contribution in [0.4, 0.5) is 0 Å². The fourth-order valence-corrected chi connectivity index (χ4v) is 1.03. The van der Waals surface area contributed by atoms with Crippen LogP contribution in [0.25, 0.3) is 0 Å². The van der Waals surface area contributed by atoms with Gasteiger partial charge in [0, 0.05) is 0 Å². The van der Waals surface area contributed by atoms with Gasteiger partial charge in [-0.25, -0.2) is 0 Å². The topological polar surface area (TPSA) is 0 Å². The molecule has 1 aliphatic carbocycles. The smallest absolute Gasteiger partial charge is 0.00930 e. The van der Waals surface area contributed by atoms with Crippen LogP contribution in [-0.2, 0) is 0 Å². The van der Waals surface area contributed by atoms with E-state index in [0.717, 1.165) is 6.42 Å². The van der Waals surface area contributed by atoms with Crippen LogP contribution >= 0.6 is 0 Å². The first kappa shape index (κ1) is 7.37. The average molecular weight is 134 g/mol. The molecule has 54 valence electrons. The summed E-state index contributed by atoms with van der Waals surface area (Å²) in [5.41, 5.74) is 3.15. The van der Waals surface area contributed by atoms with Gasteiger partial charge in [0.05, 0.1) is 0 Å². The number of allylic oxidation sites excluding steroid dienone is 3. The minimum Gasteiger partial charge on any atom is -0.129 e. The monoisotopic (exact) mass is 134 g/mol. The Kier molecular flexibility index (Phi) is 3.74. The second-order valence-electron chi connectivity index (χ2n) is 2.57. The quantitative estimate of drug-likeness (QED) is 0.352. The van der Waals surface area contributed by atoms with Crippen LogP contribution in [0.2, 0.25) is 0 Å². The molecule has 0 radical (unpaired) electrons. The molecule has 1 rings (SSSR count). The zero-order valence-electron chi connectivity index (χ0n) is 6.34. The molecule has 0 spiro atoms. The Morgan fingerprint density at radius 3 is 2.80 bits per heavy atom. The van der Waals surface area contributed by atoms with Crippen molar-refractivity contribution in [2.45, 2.75) is 32.1 Å². The molecule has 0 bridgehead atoms. The fourth-order valence-electron chi connectivity index (χ4n) is 1.03. The van der Waals surface area contributed by atoms with E-state index in [1.54, 1.807) is 0 Å². The lowest BCUT2D eigenvalue weighted by atomic mass is 10.1. The van der Waals surface area contributed by atoms with Gasteiger partial charge in [0.1, 0.15) is 0 Å². The van der Waals surface area contributed by atoms with Crippen LogP contribution in [0.15, 0.2) is 30.0 Å². The Morgan fingerprint density at radius 2 is 1.80 bits per heavy atom. The van der Waals surface area contributed by atoms with Crippen LogP contribution in [0, 0.1) is 0 Å². The molecule has 0 fully saturated rings. The van der Waals surface area contributed by atoms with Crippen LogP contribution in [-0.4, -0.2) is 0 Å². The predicted molar refractivity (Wildman–Crippen MR) is 44.9 cm³/mol. The predicted octanol–water partition coefficient (Wildman–Crippen LogP) is 3.22. The molecule has 1 aliphatic rings. The molecule has 0 saturated carbocycles. The van der Waals surface area contributed by atoms with Crippen LogP contribution in [0.1, 0.15) is 32.1 Å². The van der Waals surface area contributed by atoms with E-state index < -0.39 is 0 Å². The summed E-state index contributed by atoms with van der Waals surface area (Å²) in [7, 11) is 0. The molecular formula is C10H14. The Bertz CT molecular complexity index is 157. The van der Waals surface area contributed by atoms with Crippen molar-refractivity contribution in [2.75, 3.05) is 0 Å². The van der Waals surface area contributed by atoms with Gasteiger partial charge in [-0.05, 0) is 44.3 Å². The lowest BCUT2D eigenvalue weighted by Crippen LogP contribution is -1.73. The summed E-state index contributed by atoms with van der Waals surface area (Å²) in [4.78, 5) is 0. The minimum atomic E-state index is 1.05. The van der Waals surface area contributed by atoms with E-state index in [4.69, 9.17) is 0 Å². The molecule has 0 saturated heterocycles. The van der Waals surface area contributed by atoms with Crippen molar-refractivity contribution in [1.29, 1.82) is 0 Å². The molecule has 0 N–H and O–H groups in total. The summed E-state index contributed by atoms with van der Waals surface area (Å²) < 4.78 is 0. The molecule has 10 heavy (non-hydrogen) atoms.